The van der Waals surface area contributed by atoms with Crippen LogP contribution in [0.15, 0.2) is 12.3 Å². The molecule has 5 heteroatoms. The van der Waals surface area contributed by atoms with Gasteiger partial charge in [-0.2, -0.15) is 0 Å². The Balaban J connectivity index is 1.56. The maximum absolute atomic E-state index is 5.64. The minimum absolute atomic E-state index is 0.399. The summed E-state index contributed by atoms with van der Waals surface area (Å²) in [6.07, 6.45) is 5.83. The van der Waals surface area contributed by atoms with Crippen LogP contribution in [0, 0.1) is 0 Å². The van der Waals surface area contributed by atoms with Crippen molar-refractivity contribution in [3.63, 3.8) is 0 Å². The molecule has 19 heavy (non-hydrogen) atoms. The van der Waals surface area contributed by atoms with E-state index in [0.717, 1.165) is 38.6 Å². The minimum atomic E-state index is 0.399. The predicted octanol–water partition coefficient (Wildman–Crippen LogP) is 0.921. The lowest BCUT2D eigenvalue weighted by molar-refractivity contribution is 0.0986. The normalized spacial score (nSPS) is 31.1. The number of hydrogen-bond acceptors (Lipinski definition) is 5. The minimum Gasteiger partial charge on any atom is -0.374 e. The lowest BCUT2D eigenvalue weighted by Crippen LogP contribution is -2.38. The van der Waals surface area contributed by atoms with Crippen molar-refractivity contribution in [3.8, 4) is 0 Å². The van der Waals surface area contributed by atoms with Gasteiger partial charge in [-0.3, -0.25) is 0 Å². The van der Waals surface area contributed by atoms with E-state index in [1.54, 1.807) is 0 Å². The monoisotopic (exact) mass is 260 g/mol. The van der Waals surface area contributed by atoms with Crippen molar-refractivity contribution in [1.82, 2.24) is 15.3 Å². The molecule has 3 saturated heterocycles. The molecule has 5 nitrogen and oxygen atoms in total. The third-order valence-corrected chi connectivity index (χ3v) is 4.58. The van der Waals surface area contributed by atoms with Crippen molar-refractivity contribution in [2.24, 2.45) is 0 Å². The third-order valence-electron chi connectivity index (χ3n) is 4.58. The van der Waals surface area contributed by atoms with E-state index in [4.69, 9.17) is 9.72 Å². The van der Waals surface area contributed by atoms with E-state index in [0.29, 0.717) is 18.1 Å². The first-order valence-electron chi connectivity index (χ1n) is 7.32. The molecule has 4 heterocycles. The Morgan fingerprint density at radius 1 is 1.32 bits per heavy atom. The maximum atomic E-state index is 5.64. The summed E-state index contributed by atoms with van der Waals surface area (Å²) in [6.45, 7) is 4.00. The standard InChI is InChI=1S/C14H20N4O/c1-4-15-5-2-10(1)13-3-6-16-14(17-13)18-8-12-7-11(18)9-19-12/h3,6,10-12,15H,1-2,4-5,7-9H2. The van der Waals surface area contributed by atoms with Gasteiger partial charge >= 0.3 is 0 Å². The molecular formula is C14H20N4O. The Morgan fingerprint density at radius 3 is 2.95 bits per heavy atom. The molecule has 2 atom stereocenters. The third kappa shape index (κ3) is 2.11. The topological polar surface area (TPSA) is 50.3 Å². The largest absolute Gasteiger partial charge is 0.374 e. The van der Waals surface area contributed by atoms with Crippen LogP contribution in [0.25, 0.3) is 0 Å². The van der Waals surface area contributed by atoms with Crippen molar-refractivity contribution in [2.75, 3.05) is 31.1 Å². The Kier molecular flexibility index (Phi) is 2.89. The van der Waals surface area contributed by atoms with Crippen LogP contribution in [0.1, 0.15) is 30.9 Å². The van der Waals surface area contributed by atoms with Crippen molar-refractivity contribution in [3.05, 3.63) is 18.0 Å². The van der Waals surface area contributed by atoms with E-state index in [-0.39, 0.29) is 0 Å². The molecule has 3 aliphatic rings. The van der Waals surface area contributed by atoms with Crippen molar-refractivity contribution in [2.45, 2.75) is 37.3 Å². The molecule has 2 bridgehead atoms. The summed E-state index contributed by atoms with van der Waals surface area (Å²) in [7, 11) is 0. The van der Waals surface area contributed by atoms with Gasteiger partial charge in [-0.1, -0.05) is 0 Å². The van der Waals surface area contributed by atoms with E-state index >= 15 is 0 Å². The number of morpholine rings is 1. The highest BCUT2D eigenvalue weighted by molar-refractivity contribution is 5.36. The molecule has 1 N–H and O–H groups in total. The molecule has 0 spiro atoms. The molecule has 1 aromatic heterocycles. The summed E-state index contributed by atoms with van der Waals surface area (Å²) >= 11 is 0. The van der Waals surface area contributed by atoms with E-state index in [1.165, 1.54) is 18.5 Å². The number of nitrogens with one attached hydrogen (secondary N) is 1. The van der Waals surface area contributed by atoms with Gasteiger partial charge in [0.15, 0.2) is 0 Å². The number of fused-ring (bicyclic) bond motifs is 2. The van der Waals surface area contributed by atoms with Crippen LogP contribution in [0.4, 0.5) is 5.95 Å². The van der Waals surface area contributed by atoms with Crippen LogP contribution in [0.5, 0.6) is 0 Å². The lowest BCUT2D eigenvalue weighted by atomic mass is 9.94. The zero-order valence-electron chi connectivity index (χ0n) is 11.1. The summed E-state index contributed by atoms with van der Waals surface area (Å²) in [5.41, 5.74) is 1.22. The zero-order chi connectivity index (χ0) is 12.7. The van der Waals surface area contributed by atoms with E-state index < -0.39 is 0 Å². The Labute approximate surface area is 113 Å². The van der Waals surface area contributed by atoms with Crippen LogP contribution in [-0.4, -0.2) is 48.4 Å². The second kappa shape index (κ2) is 4.72. The Hall–Kier alpha value is -1.20. The van der Waals surface area contributed by atoms with Crippen LogP contribution < -0.4 is 10.2 Å². The van der Waals surface area contributed by atoms with E-state index in [9.17, 15) is 0 Å². The van der Waals surface area contributed by atoms with Crippen LogP contribution >= 0.6 is 0 Å². The first-order valence-corrected chi connectivity index (χ1v) is 7.32. The molecule has 0 radical (unpaired) electrons. The van der Waals surface area contributed by atoms with Crippen LogP contribution in [0.2, 0.25) is 0 Å². The molecule has 3 aliphatic heterocycles. The van der Waals surface area contributed by atoms with E-state index in [1.807, 2.05) is 6.20 Å². The van der Waals surface area contributed by atoms with Gasteiger partial charge in [-0.15, -0.1) is 0 Å². The van der Waals surface area contributed by atoms with Crippen molar-refractivity contribution in [1.29, 1.82) is 0 Å². The number of aromatic nitrogens is 2. The fourth-order valence-electron chi connectivity index (χ4n) is 3.49. The van der Waals surface area contributed by atoms with Crippen LogP contribution in [0.3, 0.4) is 0 Å². The van der Waals surface area contributed by atoms with Gasteiger partial charge in [0.2, 0.25) is 5.95 Å². The van der Waals surface area contributed by atoms with Gasteiger partial charge in [0.05, 0.1) is 18.8 Å². The number of anilines is 1. The summed E-state index contributed by atoms with van der Waals surface area (Å²) in [4.78, 5) is 11.6. The molecule has 4 rings (SSSR count). The van der Waals surface area contributed by atoms with Gasteiger partial charge in [-0.25, -0.2) is 9.97 Å². The highest BCUT2D eigenvalue weighted by atomic mass is 16.5. The molecule has 102 valence electrons. The molecular weight excluding hydrogens is 240 g/mol. The van der Waals surface area contributed by atoms with E-state index in [2.05, 4.69) is 21.3 Å². The quantitative estimate of drug-likeness (QED) is 0.857. The zero-order valence-corrected chi connectivity index (χ0v) is 11.1. The average Bonchev–Trinajstić information content (AvgIpc) is 3.11. The van der Waals surface area contributed by atoms with Crippen molar-refractivity contribution >= 4 is 5.95 Å². The van der Waals surface area contributed by atoms with Gasteiger partial charge < -0.3 is 15.0 Å². The van der Waals surface area contributed by atoms with Gasteiger partial charge in [0.25, 0.3) is 0 Å². The Bertz CT molecular complexity index is 461. The number of rotatable bonds is 2. The summed E-state index contributed by atoms with van der Waals surface area (Å²) < 4.78 is 5.64. The summed E-state index contributed by atoms with van der Waals surface area (Å²) in [6, 6.07) is 2.58. The summed E-state index contributed by atoms with van der Waals surface area (Å²) in [5.74, 6) is 1.51. The first-order chi connectivity index (χ1) is 9.40. The predicted molar refractivity (Wildman–Crippen MR) is 72.4 cm³/mol. The molecule has 1 aromatic rings. The number of nitrogens with zero attached hydrogens (tertiary/aromatic N) is 3. The highest BCUT2D eigenvalue weighted by Crippen LogP contribution is 2.31. The molecule has 0 aromatic carbocycles. The number of hydrogen-bond donors (Lipinski definition) is 1. The second-order valence-corrected chi connectivity index (χ2v) is 5.80. The Morgan fingerprint density at radius 2 is 2.21 bits per heavy atom. The molecule has 0 saturated carbocycles. The molecule has 3 fully saturated rings. The molecule has 2 unspecified atom stereocenters. The lowest BCUT2D eigenvalue weighted by Gasteiger charge is -2.28. The van der Waals surface area contributed by atoms with Gasteiger partial charge in [0.1, 0.15) is 0 Å². The SMILES string of the molecule is c1cc(C2CCNCC2)nc(N2CC3CC2CO3)n1. The molecule has 0 aliphatic carbocycles. The van der Waals surface area contributed by atoms with Crippen molar-refractivity contribution < 1.29 is 4.74 Å². The number of ether oxygens (including phenoxy) is 1. The fourth-order valence-corrected chi connectivity index (χ4v) is 3.49. The highest BCUT2D eigenvalue weighted by Gasteiger charge is 2.40. The number of piperidine rings is 1. The average molecular weight is 260 g/mol. The van der Waals surface area contributed by atoms with Gasteiger partial charge in [0, 0.05) is 24.4 Å². The first kappa shape index (κ1) is 11.6. The second-order valence-electron chi connectivity index (χ2n) is 5.80. The van der Waals surface area contributed by atoms with Crippen LogP contribution in [-0.2, 0) is 4.74 Å². The fraction of sp³-hybridized carbons (Fsp3) is 0.714. The summed E-state index contributed by atoms with van der Waals surface area (Å²) in [5, 5.41) is 3.41. The maximum Gasteiger partial charge on any atom is 0.225 e. The molecule has 0 amide bonds. The smallest absolute Gasteiger partial charge is 0.225 e. The van der Waals surface area contributed by atoms with Gasteiger partial charge in [-0.05, 0) is 38.4 Å².